The van der Waals surface area contributed by atoms with E-state index in [-0.39, 0.29) is 40.0 Å². The van der Waals surface area contributed by atoms with E-state index in [1.54, 1.807) is 6.07 Å². The molecule has 29 heavy (non-hydrogen) atoms. The van der Waals surface area contributed by atoms with E-state index in [0.29, 0.717) is 5.56 Å². The lowest BCUT2D eigenvalue weighted by Gasteiger charge is -2.12. The van der Waals surface area contributed by atoms with E-state index in [1.165, 1.54) is 49.6 Å². The Morgan fingerprint density at radius 2 is 2.10 bits per heavy atom. The lowest BCUT2D eigenvalue weighted by atomic mass is 10.1. The molecule has 0 radical (unpaired) electrons. The van der Waals surface area contributed by atoms with Gasteiger partial charge in [-0.2, -0.15) is 5.26 Å². The Morgan fingerprint density at radius 3 is 2.72 bits per heavy atom. The van der Waals surface area contributed by atoms with Gasteiger partial charge in [0, 0.05) is 5.69 Å². The number of nitrogens with one attached hydrogen (secondary N) is 1. The number of nitrogens with zero attached hydrogens (tertiary/aromatic N) is 1. The monoisotopic (exact) mass is 410 g/mol. The summed E-state index contributed by atoms with van der Waals surface area (Å²) in [6, 6.07) is 10.5. The molecule has 0 aliphatic heterocycles. The van der Waals surface area contributed by atoms with Gasteiger partial charge in [-0.3, -0.25) is 4.79 Å². The summed E-state index contributed by atoms with van der Waals surface area (Å²) in [7, 11) is 1.41. The van der Waals surface area contributed by atoms with Crippen molar-refractivity contribution in [2.24, 2.45) is 0 Å². The summed E-state index contributed by atoms with van der Waals surface area (Å²) < 4.78 is 10.6. The molecule has 2 N–H and O–H groups in total. The molecule has 2 aromatic carbocycles. The van der Waals surface area contributed by atoms with E-state index in [9.17, 15) is 14.9 Å². The third-order valence-corrected chi connectivity index (χ3v) is 3.88. The van der Waals surface area contributed by atoms with Crippen LogP contribution in [-0.2, 0) is 4.79 Å². The zero-order chi connectivity index (χ0) is 21.4. The van der Waals surface area contributed by atoms with Crippen LogP contribution < -0.4 is 14.8 Å². The summed E-state index contributed by atoms with van der Waals surface area (Å²) in [6.07, 6.45) is 6.49. The highest BCUT2D eigenvalue weighted by molar-refractivity contribution is 6.32. The normalized spacial score (nSPS) is 10.4. The maximum Gasteiger partial charge on any atom is 0.335 e. The number of aromatic carboxylic acids is 1. The Hall–Kier alpha value is -3.94. The van der Waals surface area contributed by atoms with Gasteiger partial charge in [0.1, 0.15) is 18.2 Å². The van der Waals surface area contributed by atoms with Gasteiger partial charge >= 0.3 is 5.97 Å². The fraction of sp³-hybridized carbons (Fsp3) is 0.0952. The molecular formula is C21H15ClN2O5. The molecule has 0 aliphatic carbocycles. The highest BCUT2D eigenvalue weighted by atomic mass is 35.5. The fourth-order valence-electron chi connectivity index (χ4n) is 2.32. The van der Waals surface area contributed by atoms with Crippen LogP contribution in [0.5, 0.6) is 11.5 Å². The van der Waals surface area contributed by atoms with Crippen molar-refractivity contribution in [2.75, 3.05) is 19.0 Å². The minimum absolute atomic E-state index is 0.00404. The minimum Gasteiger partial charge on any atom is -0.493 e. The first-order valence-corrected chi connectivity index (χ1v) is 8.47. The summed E-state index contributed by atoms with van der Waals surface area (Å²) in [6.45, 7) is -0.00742. The maximum atomic E-state index is 12.4. The zero-order valence-electron chi connectivity index (χ0n) is 15.2. The average Bonchev–Trinajstić information content (AvgIpc) is 2.70. The number of terminal acetylenes is 1. The van der Waals surface area contributed by atoms with Crippen LogP contribution in [0.2, 0.25) is 5.02 Å². The summed E-state index contributed by atoms with van der Waals surface area (Å²) in [5.74, 6) is 1.01. The van der Waals surface area contributed by atoms with Gasteiger partial charge in [0.25, 0.3) is 5.91 Å². The second-order valence-electron chi connectivity index (χ2n) is 5.54. The number of halogens is 1. The minimum atomic E-state index is -1.13. The van der Waals surface area contributed by atoms with E-state index in [0.717, 1.165) is 0 Å². The van der Waals surface area contributed by atoms with Crippen LogP contribution in [0.4, 0.5) is 5.69 Å². The molecule has 0 saturated heterocycles. The molecule has 0 unspecified atom stereocenters. The lowest BCUT2D eigenvalue weighted by Crippen LogP contribution is -2.14. The van der Waals surface area contributed by atoms with Crippen molar-refractivity contribution in [1.29, 1.82) is 5.26 Å². The largest absolute Gasteiger partial charge is 0.493 e. The van der Waals surface area contributed by atoms with E-state index >= 15 is 0 Å². The van der Waals surface area contributed by atoms with Crippen LogP contribution in [-0.4, -0.2) is 30.7 Å². The van der Waals surface area contributed by atoms with Crippen molar-refractivity contribution in [1.82, 2.24) is 0 Å². The molecule has 0 fully saturated rings. The molecular weight excluding hydrogens is 396 g/mol. The van der Waals surface area contributed by atoms with Gasteiger partial charge in [0.15, 0.2) is 11.5 Å². The predicted octanol–water partition coefficient (Wildman–Crippen LogP) is 3.60. The molecule has 146 valence electrons. The molecule has 8 heteroatoms. The Morgan fingerprint density at radius 1 is 1.34 bits per heavy atom. The molecule has 0 aliphatic rings. The number of rotatable bonds is 7. The molecule has 0 bridgehead atoms. The number of ether oxygens (including phenoxy) is 2. The molecule has 0 atom stereocenters. The summed E-state index contributed by atoms with van der Waals surface area (Å²) in [5.41, 5.74) is 0.445. The number of carbonyl (C=O) groups is 2. The van der Waals surface area contributed by atoms with Crippen molar-refractivity contribution in [2.45, 2.75) is 0 Å². The van der Waals surface area contributed by atoms with E-state index in [2.05, 4.69) is 11.2 Å². The molecule has 2 aromatic rings. The Bertz CT molecular complexity index is 1060. The lowest BCUT2D eigenvalue weighted by molar-refractivity contribution is -0.112. The average molecular weight is 411 g/mol. The molecule has 1 amide bonds. The molecule has 0 heterocycles. The standard InChI is InChI=1S/C21H15ClN2O5/c1-3-7-29-19-17(22)9-13(10-18(19)28-2)8-15(12-23)20(25)24-16-6-4-5-14(11-16)21(26)27/h1,4-6,8-11H,7H2,2H3,(H,24,25)(H,26,27). The third-order valence-electron chi connectivity index (χ3n) is 3.60. The third kappa shape index (κ3) is 5.52. The number of nitriles is 1. The van der Waals surface area contributed by atoms with Gasteiger partial charge < -0.3 is 19.9 Å². The van der Waals surface area contributed by atoms with Crippen LogP contribution in [0.15, 0.2) is 42.0 Å². The summed E-state index contributed by atoms with van der Waals surface area (Å²) >= 11 is 6.19. The molecule has 0 spiro atoms. The Kier molecular flexibility index (Phi) is 7.25. The smallest absolute Gasteiger partial charge is 0.335 e. The van der Waals surface area contributed by atoms with Gasteiger partial charge in [0.2, 0.25) is 0 Å². The van der Waals surface area contributed by atoms with Gasteiger partial charge in [-0.15, -0.1) is 6.42 Å². The van der Waals surface area contributed by atoms with Crippen molar-refractivity contribution in [3.63, 3.8) is 0 Å². The van der Waals surface area contributed by atoms with Crippen LogP contribution >= 0.6 is 11.6 Å². The fourth-order valence-corrected chi connectivity index (χ4v) is 2.59. The van der Waals surface area contributed by atoms with E-state index in [1.807, 2.05) is 0 Å². The zero-order valence-corrected chi connectivity index (χ0v) is 16.0. The van der Waals surface area contributed by atoms with Crippen molar-refractivity contribution in [3.05, 3.63) is 58.1 Å². The highest BCUT2D eigenvalue weighted by Gasteiger charge is 2.14. The molecule has 0 aromatic heterocycles. The molecule has 2 rings (SSSR count). The molecule has 7 nitrogen and oxygen atoms in total. The predicted molar refractivity (Wildman–Crippen MR) is 108 cm³/mol. The van der Waals surface area contributed by atoms with Crippen LogP contribution in [0.3, 0.4) is 0 Å². The number of carbonyl (C=O) groups excluding carboxylic acids is 1. The molecule has 0 saturated carbocycles. The first kappa shape index (κ1) is 21.4. The second-order valence-corrected chi connectivity index (χ2v) is 5.94. The Labute approximate surface area is 172 Å². The number of hydrogen-bond acceptors (Lipinski definition) is 5. The van der Waals surface area contributed by atoms with Gasteiger partial charge in [-0.1, -0.05) is 23.6 Å². The Balaban J connectivity index is 2.31. The van der Waals surface area contributed by atoms with E-state index < -0.39 is 11.9 Å². The van der Waals surface area contributed by atoms with Crippen molar-refractivity contribution < 1.29 is 24.2 Å². The van der Waals surface area contributed by atoms with Gasteiger partial charge in [-0.25, -0.2) is 4.79 Å². The summed E-state index contributed by atoms with van der Waals surface area (Å²) in [4.78, 5) is 23.5. The quantitative estimate of drug-likeness (QED) is 0.410. The number of methoxy groups -OCH3 is 1. The van der Waals surface area contributed by atoms with Gasteiger partial charge in [-0.05, 0) is 42.0 Å². The number of carboxylic acid groups (broad SMARTS) is 1. The van der Waals surface area contributed by atoms with Crippen LogP contribution in [0.25, 0.3) is 6.08 Å². The number of benzene rings is 2. The van der Waals surface area contributed by atoms with Crippen molar-refractivity contribution >= 4 is 35.2 Å². The van der Waals surface area contributed by atoms with Gasteiger partial charge in [0.05, 0.1) is 17.7 Å². The van der Waals surface area contributed by atoms with Crippen molar-refractivity contribution in [3.8, 4) is 29.9 Å². The highest BCUT2D eigenvalue weighted by Crippen LogP contribution is 2.37. The van der Waals surface area contributed by atoms with E-state index in [4.69, 9.17) is 32.6 Å². The van der Waals surface area contributed by atoms with Crippen LogP contribution in [0, 0.1) is 23.7 Å². The number of anilines is 1. The SMILES string of the molecule is C#CCOc1c(Cl)cc(C=C(C#N)C(=O)Nc2cccc(C(=O)O)c2)cc1OC. The second kappa shape index (κ2) is 9.84. The number of hydrogen-bond donors (Lipinski definition) is 2. The topological polar surface area (TPSA) is 109 Å². The van der Waals surface area contributed by atoms with Crippen LogP contribution in [0.1, 0.15) is 15.9 Å². The first-order chi connectivity index (χ1) is 13.9. The first-order valence-electron chi connectivity index (χ1n) is 8.10. The number of amides is 1. The maximum absolute atomic E-state index is 12.4. The number of carboxylic acids is 1. The summed E-state index contributed by atoms with van der Waals surface area (Å²) in [5, 5.41) is 21.1.